The maximum absolute atomic E-state index is 12.8. The summed E-state index contributed by atoms with van der Waals surface area (Å²) in [5.41, 5.74) is 2.44. The zero-order valence-electron chi connectivity index (χ0n) is 15.1. The van der Waals surface area contributed by atoms with E-state index in [4.69, 9.17) is 8.83 Å². The van der Waals surface area contributed by atoms with Crippen LogP contribution in [0.3, 0.4) is 0 Å². The molecule has 2 aromatic heterocycles. The first-order chi connectivity index (χ1) is 14.2. The number of aromatic nitrogens is 1. The summed E-state index contributed by atoms with van der Waals surface area (Å²) in [5.74, 6) is -0.180. The molecule has 0 aliphatic carbocycles. The van der Waals surface area contributed by atoms with Gasteiger partial charge in [0.05, 0.1) is 16.6 Å². The molecule has 0 bridgehead atoms. The second kappa shape index (κ2) is 6.76. The Bertz CT molecular complexity index is 1400. The van der Waals surface area contributed by atoms with Crippen LogP contribution in [0.15, 0.2) is 92.7 Å². The van der Waals surface area contributed by atoms with E-state index in [1.807, 2.05) is 30.3 Å². The zero-order chi connectivity index (χ0) is 19.8. The predicted octanol–water partition coefficient (Wildman–Crippen LogP) is 4.85. The van der Waals surface area contributed by atoms with Crippen LogP contribution in [0.25, 0.3) is 33.5 Å². The molecule has 0 unspecified atom stereocenters. The Balaban J connectivity index is 1.54. The van der Waals surface area contributed by atoms with Crippen LogP contribution >= 0.6 is 0 Å². The second-order valence-corrected chi connectivity index (χ2v) is 6.46. The van der Waals surface area contributed by atoms with Gasteiger partial charge in [0, 0.05) is 0 Å². The summed E-state index contributed by atoms with van der Waals surface area (Å²) in [4.78, 5) is 30.0. The summed E-state index contributed by atoms with van der Waals surface area (Å²) in [7, 11) is 0. The number of para-hydroxylation sites is 4. The van der Waals surface area contributed by atoms with E-state index < -0.39 is 5.91 Å². The molecule has 3 aromatic carbocycles. The summed E-state index contributed by atoms with van der Waals surface area (Å²) >= 11 is 0. The maximum atomic E-state index is 12.8. The van der Waals surface area contributed by atoms with E-state index >= 15 is 0 Å². The fourth-order valence-corrected chi connectivity index (χ4v) is 3.19. The Morgan fingerprint density at radius 2 is 1.59 bits per heavy atom. The third kappa shape index (κ3) is 2.96. The molecule has 0 spiro atoms. The molecule has 5 aromatic rings. The van der Waals surface area contributed by atoms with Crippen molar-refractivity contribution in [2.45, 2.75) is 0 Å². The predicted molar refractivity (Wildman–Crippen MR) is 110 cm³/mol. The molecule has 6 heteroatoms. The molecule has 0 saturated carbocycles. The average molecular weight is 382 g/mol. The van der Waals surface area contributed by atoms with E-state index in [0.717, 1.165) is 5.52 Å². The van der Waals surface area contributed by atoms with Crippen molar-refractivity contribution in [2.24, 2.45) is 0 Å². The fourth-order valence-electron chi connectivity index (χ4n) is 3.19. The van der Waals surface area contributed by atoms with Gasteiger partial charge in [-0.15, -0.1) is 0 Å². The van der Waals surface area contributed by atoms with E-state index in [2.05, 4.69) is 10.3 Å². The molecule has 2 heterocycles. The highest BCUT2D eigenvalue weighted by molar-refractivity contribution is 6.07. The van der Waals surface area contributed by atoms with Crippen LogP contribution in [0.2, 0.25) is 0 Å². The number of nitrogens with zero attached hydrogens (tertiary/aromatic N) is 1. The molecule has 0 saturated heterocycles. The molecule has 140 valence electrons. The van der Waals surface area contributed by atoms with Gasteiger partial charge in [-0.1, -0.05) is 36.4 Å². The van der Waals surface area contributed by atoms with Crippen LogP contribution in [-0.4, -0.2) is 10.9 Å². The van der Waals surface area contributed by atoms with Crippen molar-refractivity contribution >= 4 is 33.7 Å². The molecule has 0 aliphatic heterocycles. The fraction of sp³-hybridized carbons (Fsp3) is 0. The van der Waals surface area contributed by atoms with E-state index in [0.29, 0.717) is 33.7 Å². The van der Waals surface area contributed by atoms with Gasteiger partial charge in [-0.3, -0.25) is 9.59 Å². The second-order valence-electron chi connectivity index (χ2n) is 6.46. The minimum absolute atomic E-state index is 0.0731. The first-order valence-electron chi connectivity index (χ1n) is 8.97. The third-order valence-corrected chi connectivity index (χ3v) is 4.62. The number of fused-ring (bicyclic) bond motifs is 2. The van der Waals surface area contributed by atoms with E-state index in [1.165, 1.54) is 6.26 Å². The minimum atomic E-state index is -0.562. The van der Waals surface area contributed by atoms with Gasteiger partial charge in [-0.05, 0) is 36.4 Å². The molecular weight excluding hydrogens is 368 g/mol. The lowest BCUT2D eigenvalue weighted by Gasteiger charge is -2.08. The van der Waals surface area contributed by atoms with Gasteiger partial charge < -0.3 is 14.2 Å². The Morgan fingerprint density at radius 1 is 0.862 bits per heavy atom. The molecule has 0 fully saturated rings. The normalized spacial score (nSPS) is 11.0. The number of hydrogen-bond donors (Lipinski definition) is 1. The Hall–Kier alpha value is -4.19. The summed E-state index contributed by atoms with van der Waals surface area (Å²) in [6, 6.07) is 21.3. The number of nitrogens with one attached hydrogen (secondary N) is 1. The number of carbonyl (C=O) groups excluding carboxylic acids is 1. The van der Waals surface area contributed by atoms with Gasteiger partial charge in [0.15, 0.2) is 5.58 Å². The molecule has 0 atom stereocenters. The Labute approximate surface area is 164 Å². The standard InChI is InChI=1S/C23H14N2O4/c26-21-15-8-2-5-11-19(15)28-13-16(21)22(27)24-17-9-3-1-7-14(17)23-25-18-10-4-6-12-20(18)29-23/h1-13H,(H,24,27). The molecule has 1 N–H and O–H groups in total. The highest BCUT2D eigenvalue weighted by Gasteiger charge is 2.18. The van der Waals surface area contributed by atoms with Crippen LogP contribution in [0.5, 0.6) is 0 Å². The Morgan fingerprint density at radius 3 is 2.45 bits per heavy atom. The van der Waals surface area contributed by atoms with Crippen LogP contribution in [0.4, 0.5) is 5.69 Å². The number of oxazole rings is 1. The monoisotopic (exact) mass is 382 g/mol. The average Bonchev–Trinajstić information content (AvgIpc) is 3.18. The molecule has 29 heavy (non-hydrogen) atoms. The quantitative estimate of drug-likeness (QED) is 0.482. The van der Waals surface area contributed by atoms with Crippen molar-refractivity contribution in [3.63, 3.8) is 0 Å². The molecule has 0 aliphatic rings. The van der Waals surface area contributed by atoms with Crippen molar-refractivity contribution in [1.29, 1.82) is 0 Å². The molecule has 6 nitrogen and oxygen atoms in total. The number of rotatable bonds is 3. The zero-order valence-corrected chi connectivity index (χ0v) is 15.1. The smallest absolute Gasteiger partial charge is 0.262 e. The van der Waals surface area contributed by atoms with Crippen LogP contribution in [0, 0.1) is 0 Å². The van der Waals surface area contributed by atoms with Gasteiger partial charge in [0.1, 0.15) is 22.9 Å². The highest BCUT2D eigenvalue weighted by Crippen LogP contribution is 2.30. The van der Waals surface area contributed by atoms with Crippen molar-refractivity contribution in [3.05, 3.63) is 94.8 Å². The largest absolute Gasteiger partial charge is 0.463 e. The van der Waals surface area contributed by atoms with Gasteiger partial charge in [-0.2, -0.15) is 0 Å². The number of hydrogen-bond acceptors (Lipinski definition) is 5. The first kappa shape index (κ1) is 16.9. The van der Waals surface area contributed by atoms with Gasteiger partial charge in [0.2, 0.25) is 11.3 Å². The molecule has 5 rings (SSSR count). The summed E-state index contributed by atoms with van der Waals surface area (Å²) < 4.78 is 11.3. The summed E-state index contributed by atoms with van der Waals surface area (Å²) in [6.45, 7) is 0. The topological polar surface area (TPSA) is 85.3 Å². The summed E-state index contributed by atoms with van der Waals surface area (Å²) in [6.07, 6.45) is 1.18. The van der Waals surface area contributed by atoms with E-state index in [1.54, 1.807) is 42.5 Å². The van der Waals surface area contributed by atoms with Gasteiger partial charge >= 0.3 is 0 Å². The number of carbonyl (C=O) groups is 1. The lowest BCUT2D eigenvalue weighted by Crippen LogP contribution is -2.21. The molecular formula is C23H14N2O4. The van der Waals surface area contributed by atoms with Crippen molar-refractivity contribution in [1.82, 2.24) is 4.98 Å². The van der Waals surface area contributed by atoms with Crippen molar-refractivity contribution < 1.29 is 13.6 Å². The lowest BCUT2D eigenvalue weighted by atomic mass is 10.1. The first-order valence-corrected chi connectivity index (χ1v) is 8.97. The summed E-state index contributed by atoms with van der Waals surface area (Å²) in [5, 5.41) is 3.13. The maximum Gasteiger partial charge on any atom is 0.262 e. The lowest BCUT2D eigenvalue weighted by molar-refractivity contribution is 0.102. The SMILES string of the molecule is O=C(Nc1ccccc1-c1nc2ccccc2o1)c1coc2ccccc2c1=O. The van der Waals surface area contributed by atoms with E-state index in [9.17, 15) is 9.59 Å². The number of benzene rings is 3. The van der Waals surface area contributed by atoms with Crippen LogP contribution in [0.1, 0.15) is 10.4 Å². The number of amides is 1. The van der Waals surface area contributed by atoms with Crippen molar-refractivity contribution in [3.8, 4) is 11.5 Å². The Kier molecular flexibility index (Phi) is 3.95. The highest BCUT2D eigenvalue weighted by atomic mass is 16.3. The van der Waals surface area contributed by atoms with Gasteiger partial charge in [0.25, 0.3) is 5.91 Å². The molecule has 0 radical (unpaired) electrons. The number of anilines is 1. The van der Waals surface area contributed by atoms with Crippen LogP contribution in [-0.2, 0) is 0 Å². The van der Waals surface area contributed by atoms with Crippen LogP contribution < -0.4 is 10.7 Å². The molecule has 1 amide bonds. The van der Waals surface area contributed by atoms with Gasteiger partial charge in [-0.25, -0.2) is 4.98 Å². The van der Waals surface area contributed by atoms with E-state index in [-0.39, 0.29) is 11.0 Å². The van der Waals surface area contributed by atoms with Crippen molar-refractivity contribution in [2.75, 3.05) is 5.32 Å². The third-order valence-electron chi connectivity index (χ3n) is 4.62. The minimum Gasteiger partial charge on any atom is -0.463 e.